The summed E-state index contributed by atoms with van der Waals surface area (Å²) in [5, 5.41) is 11.2. The lowest BCUT2D eigenvalue weighted by Gasteiger charge is -2.31. The molecule has 0 radical (unpaired) electrons. The molecule has 2 rings (SSSR count). The second kappa shape index (κ2) is 7.31. The first-order valence-electron chi connectivity index (χ1n) is 7.61. The minimum absolute atomic E-state index is 0.207. The van der Waals surface area contributed by atoms with Gasteiger partial charge >= 0.3 is 0 Å². The summed E-state index contributed by atoms with van der Waals surface area (Å²) in [6.45, 7) is 2.26. The molecule has 1 nitrogen and oxygen atoms in total. The van der Waals surface area contributed by atoms with E-state index in [0.29, 0.717) is 5.92 Å². The van der Waals surface area contributed by atoms with E-state index in [2.05, 4.69) is 13.0 Å². The van der Waals surface area contributed by atoms with Crippen molar-refractivity contribution in [2.24, 2.45) is 11.8 Å². The van der Waals surface area contributed by atoms with Crippen LogP contribution in [0.1, 0.15) is 51.0 Å². The number of aliphatic hydroxyl groups is 1. The third kappa shape index (κ3) is 4.50. The smallest absolute Gasteiger partial charge is 0.0608 e. The molecule has 0 amide bonds. The minimum Gasteiger partial charge on any atom is -0.392 e. The largest absolute Gasteiger partial charge is 0.392 e. The van der Waals surface area contributed by atoms with Crippen molar-refractivity contribution in [1.82, 2.24) is 0 Å². The average molecular weight is 281 g/mol. The Bertz CT molecular complexity index is 383. The van der Waals surface area contributed by atoms with Crippen LogP contribution >= 0.6 is 11.6 Å². The van der Waals surface area contributed by atoms with Crippen LogP contribution in [0.2, 0.25) is 5.02 Å². The monoisotopic (exact) mass is 280 g/mol. The van der Waals surface area contributed by atoms with Gasteiger partial charge in [0.05, 0.1) is 6.10 Å². The van der Waals surface area contributed by atoms with Crippen molar-refractivity contribution in [3.63, 3.8) is 0 Å². The Hall–Kier alpha value is -0.530. The van der Waals surface area contributed by atoms with Crippen LogP contribution in [0.15, 0.2) is 24.3 Å². The molecule has 0 spiro atoms. The van der Waals surface area contributed by atoms with Gasteiger partial charge in [0.15, 0.2) is 0 Å². The highest BCUT2D eigenvalue weighted by Crippen LogP contribution is 2.34. The van der Waals surface area contributed by atoms with Crippen LogP contribution in [0.25, 0.3) is 0 Å². The second-order valence-corrected chi connectivity index (χ2v) is 6.41. The van der Waals surface area contributed by atoms with Gasteiger partial charge < -0.3 is 5.11 Å². The van der Waals surface area contributed by atoms with Crippen LogP contribution in [0, 0.1) is 11.8 Å². The number of benzene rings is 1. The molecule has 0 heterocycles. The summed E-state index contributed by atoms with van der Waals surface area (Å²) in [5.74, 6) is 1.38. The molecule has 0 bridgehead atoms. The summed E-state index contributed by atoms with van der Waals surface area (Å²) >= 11 is 5.99. The van der Waals surface area contributed by atoms with Gasteiger partial charge in [-0.2, -0.15) is 0 Å². The third-order valence-corrected chi connectivity index (χ3v) is 4.70. The van der Waals surface area contributed by atoms with Crippen molar-refractivity contribution >= 4 is 11.6 Å². The Morgan fingerprint density at radius 3 is 2.63 bits per heavy atom. The fourth-order valence-corrected chi connectivity index (χ4v) is 3.55. The Labute approximate surface area is 122 Å². The van der Waals surface area contributed by atoms with Gasteiger partial charge in [-0.05, 0) is 48.8 Å². The molecule has 1 unspecified atom stereocenters. The lowest BCUT2D eigenvalue weighted by atomic mass is 9.77. The molecule has 19 heavy (non-hydrogen) atoms. The van der Waals surface area contributed by atoms with E-state index in [4.69, 9.17) is 11.6 Å². The highest BCUT2D eigenvalue weighted by Gasteiger charge is 2.26. The Morgan fingerprint density at radius 2 is 2.00 bits per heavy atom. The van der Waals surface area contributed by atoms with Crippen molar-refractivity contribution in [3.05, 3.63) is 34.9 Å². The number of aliphatic hydroxyl groups excluding tert-OH is 1. The van der Waals surface area contributed by atoms with Crippen molar-refractivity contribution < 1.29 is 5.11 Å². The zero-order valence-corrected chi connectivity index (χ0v) is 12.6. The van der Waals surface area contributed by atoms with Gasteiger partial charge in [0.2, 0.25) is 0 Å². The van der Waals surface area contributed by atoms with Crippen molar-refractivity contribution in [1.29, 1.82) is 0 Å². The SMILES string of the molecule is CCCC1CCC(C(O)Cc2cccc(Cl)c2)CC1. The molecule has 1 aliphatic rings. The average Bonchev–Trinajstić information content (AvgIpc) is 2.40. The maximum Gasteiger partial charge on any atom is 0.0608 e. The van der Waals surface area contributed by atoms with Crippen molar-refractivity contribution in [2.45, 2.75) is 58.0 Å². The quantitative estimate of drug-likeness (QED) is 0.817. The highest BCUT2D eigenvalue weighted by molar-refractivity contribution is 6.30. The lowest BCUT2D eigenvalue weighted by molar-refractivity contribution is 0.0728. The second-order valence-electron chi connectivity index (χ2n) is 5.97. The normalized spacial score (nSPS) is 25.2. The molecule has 1 N–H and O–H groups in total. The van der Waals surface area contributed by atoms with E-state index in [1.807, 2.05) is 18.2 Å². The molecule has 1 aromatic carbocycles. The van der Waals surface area contributed by atoms with Crippen LogP contribution in [0.4, 0.5) is 0 Å². The van der Waals surface area contributed by atoms with Gasteiger partial charge in [-0.25, -0.2) is 0 Å². The van der Waals surface area contributed by atoms with Crippen LogP contribution < -0.4 is 0 Å². The summed E-state index contributed by atoms with van der Waals surface area (Å²) in [6, 6.07) is 7.86. The number of rotatable bonds is 5. The molecule has 0 aliphatic heterocycles. The first-order chi connectivity index (χ1) is 9.19. The fourth-order valence-electron chi connectivity index (χ4n) is 3.34. The zero-order chi connectivity index (χ0) is 13.7. The van der Waals surface area contributed by atoms with E-state index < -0.39 is 0 Å². The number of hydrogen-bond donors (Lipinski definition) is 1. The molecular weight excluding hydrogens is 256 g/mol. The predicted molar refractivity (Wildman–Crippen MR) is 81.5 cm³/mol. The summed E-state index contributed by atoms with van der Waals surface area (Å²) in [4.78, 5) is 0. The number of halogens is 1. The fraction of sp³-hybridized carbons (Fsp3) is 0.647. The highest BCUT2D eigenvalue weighted by atomic mass is 35.5. The summed E-state index contributed by atoms with van der Waals surface area (Å²) in [5.41, 5.74) is 1.15. The summed E-state index contributed by atoms with van der Waals surface area (Å²) in [6.07, 6.45) is 8.15. The van der Waals surface area contributed by atoms with Crippen LogP contribution in [-0.2, 0) is 6.42 Å². The topological polar surface area (TPSA) is 20.2 Å². The molecule has 106 valence electrons. The van der Waals surface area contributed by atoms with E-state index in [1.165, 1.54) is 38.5 Å². The van der Waals surface area contributed by atoms with Crippen LogP contribution in [0.3, 0.4) is 0 Å². The molecule has 0 saturated heterocycles. The number of hydrogen-bond acceptors (Lipinski definition) is 1. The van der Waals surface area contributed by atoms with E-state index in [-0.39, 0.29) is 6.10 Å². The third-order valence-electron chi connectivity index (χ3n) is 4.47. The first-order valence-corrected chi connectivity index (χ1v) is 7.99. The van der Waals surface area contributed by atoms with Gasteiger partial charge in [0.25, 0.3) is 0 Å². The van der Waals surface area contributed by atoms with E-state index in [1.54, 1.807) is 0 Å². The van der Waals surface area contributed by atoms with Crippen LogP contribution in [0.5, 0.6) is 0 Å². The first kappa shape index (κ1) is 14.9. The van der Waals surface area contributed by atoms with Gasteiger partial charge in [-0.15, -0.1) is 0 Å². The molecule has 1 fully saturated rings. The Kier molecular flexibility index (Phi) is 5.72. The van der Waals surface area contributed by atoms with E-state index >= 15 is 0 Å². The molecule has 1 saturated carbocycles. The Morgan fingerprint density at radius 1 is 1.26 bits per heavy atom. The summed E-state index contributed by atoms with van der Waals surface area (Å²) in [7, 11) is 0. The standard InChI is InChI=1S/C17H25ClO/c1-2-4-13-7-9-15(10-8-13)17(19)12-14-5-3-6-16(18)11-14/h3,5-6,11,13,15,17,19H,2,4,7-10,12H2,1H3. The maximum atomic E-state index is 10.4. The molecule has 1 aromatic rings. The van der Waals surface area contributed by atoms with Crippen molar-refractivity contribution in [2.75, 3.05) is 0 Å². The van der Waals surface area contributed by atoms with Gasteiger partial charge in [0, 0.05) is 5.02 Å². The molecular formula is C17H25ClO. The van der Waals surface area contributed by atoms with Gasteiger partial charge in [-0.3, -0.25) is 0 Å². The van der Waals surface area contributed by atoms with Crippen molar-refractivity contribution in [3.8, 4) is 0 Å². The molecule has 2 heteroatoms. The molecule has 0 aromatic heterocycles. The minimum atomic E-state index is -0.207. The van der Waals surface area contributed by atoms with Gasteiger partial charge in [0.1, 0.15) is 0 Å². The molecule has 1 atom stereocenters. The van der Waals surface area contributed by atoms with E-state index in [0.717, 1.165) is 22.9 Å². The molecule has 1 aliphatic carbocycles. The Balaban J connectivity index is 1.82. The van der Waals surface area contributed by atoms with E-state index in [9.17, 15) is 5.11 Å². The van der Waals surface area contributed by atoms with Crippen LogP contribution in [-0.4, -0.2) is 11.2 Å². The predicted octanol–water partition coefficient (Wildman–Crippen LogP) is 4.85. The zero-order valence-electron chi connectivity index (χ0n) is 11.8. The lowest BCUT2D eigenvalue weighted by Crippen LogP contribution is -2.27. The summed E-state index contributed by atoms with van der Waals surface area (Å²) < 4.78 is 0. The van der Waals surface area contributed by atoms with Gasteiger partial charge in [-0.1, -0.05) is 56.3 Å². The maximum absolute atomic E-state index is 10.4.